The summed E-state index contributed by atoms with van der Waals surface area (Å²) >= 11 is 5.47. The fourth-order valence-corrected chi connectivity index (χ4v) is 4.97. The van der Waals surface area contributed by atoms with Gasteiger partial charge in [0.25, 0.3) is 0 Å². The molecule has 0 unspecified atom stereocenters. The van der Waals surface area contributed by atoms with Crippen molar-refractivity contribution in [3.63, 3.8) is 0 Å². The largest absolute Gasteiger partial charge is 0.314 e. The normalized spacial score (nSPS) is 16.5. The van der Waals surface area contributed by atoms with Gasteiger partial charge in [0, 0.05) is 6.54 Å². The summed E-state index contributed by atoms with van der Waals surface area (Å²) in [4.78, 5) is 1.19. The van der Waals surface area contributed by atoms with E-state index in [-0.39, 0.29) is 4.90 Å². The maximum Gasteiger partial charge on any atom is 0.243 e. The highest BCUT2D eigenvalue weighted by Crippen LogP contribution is 2.16. The number of allylic oxidation sites excluding steroid dienone is 1. The minimum absolute atomic E-state index is 0.00744. The number of piperazine rings is 1. The van der Waals surface area contributed by atoms with E-state index in [4.69, 9.17) is 12.2 Å². The van der Waals surface area contributed by atoms with Crippen molar-refractivity contribution < 1.29 is 17.7 Å². The average molecular weight is 413 g/mol. The second-order valence-electron chi connectivity index (χ2n) is 6.50. The van der Waals surface area contributed by atoms with Crippen LogP contribution in [0, 0.1) is 17.5 Å². The molecule has 10 heteroatoms. The predicted molar refractivity (Wildman–Crippen MR) is 102 cm³/mol. The van der Waals surface area contributed by atoms with Crippen LogP contribution in [0.25, 0.3) is 0 Å². The number of nitrogens with one attached hydrogen (secondary N) is 1. The number of hydrogen-bond donors (Lipinski definition) is 1. The van der Waals surface area contributed by atoms with Crippen LogP contribution in [0.5, 0.6) is 0 Å². The molecule has 0 atom stereocenters. The lowest BCUT2D eigenvalue weighted by molar-refractivity contribution is -0.926. The minimum atomic E-state index is -3.68. The molecule has 1 saturated heterocycles. The van der Waals surface area contributed by atoms with E-state index < -0.39 is 15.8 Å². The average Bonchev–Trinajstić information content (AvgIpc) is 2.90. The maximum atomic E-state index is 13.4. The Hall–Kier alpha value is -1.88. The first-order chi connectivity index (χ1) is 12.8. The fourth-order valence-electron chi connectivity index (χ4n) is 3.18. The first-order valence-electron chi connectivity index (χ1n) is 8.67. The number of sulfonamides is 1. The van der Waals surface area contributed by atoms with Crippen LogP contribution in [-0.4, -0.2) is 53.2 Å². The number of nitrogens with zero attached hydrogens (tertiary/aromatic N) is 4. The Bertz CT molecular complexity index is 991. The van der Waals surface area contributed by atoms with Gasteiger partial charge in [0.2, 0.25) is 14.8 Å². The molecule has 0 radical (unpaired) electrons. The smallest absolute Gasteiger partial charge is 0.243 e. The SMILES string of the molecule is C=CCn1c(C)nn(C[NH+]2CCN(S(=O)(=O)c3cccc(F)c3)CC2)c1=S. The van der Waals surface area contributed by atoms with E-state index in [0.29, 0.717) is 44.2 Å². The van der Waals surface area contributed by atoms with Crippen molar-refractivity contribution in [3.05, 3.63) is 53.3 Å². The summed E-state index contributed by atoms with van der Waals surface area (Å²) in [5, 5.41) is 4.48. The molecular formula is C17H23FN5O2S2+. The van der Waals surface area contributed by atoms with Gasteiger partial charge in [-0.05, 0) is 37.3 Å². The molecule has 1 fully saturated rings. The molecule has 0 saturated carbocycles. The standard InChI is InChI=1S/C17H22FN5O2S2/c1-3-7-22-14(2)19-23(17(22)26)13-20-8-10-21(11-9-20)27(24,25)16-6-4-5-15(18)12-16/h3-6,12H,1,7-11,13H2,2H3/p+1. The van der Waals surface area contributed by atoms with Crippen molar-refractivity contribution in [1.82, 2.24) is 18.7 Å². The highest BCUT2D eigenvalue weighted by Gasteiger charge is 2.31. The zero-order valence-corrected chi connectivity index (χ0v) is 16.8. The van der Waals surface area contributed by atoms with Gasteiger partial charge in [-0.2, -0.15) is 14.1 Å². The van der Waals surface area contributed by atoms with Crippen LogP contribution in [0.2, 0.25) is 0 Å². The molecule has 1 aromatic carbocycles. The van der Waals surface area contributed by atoms with Crippen molar-refractivity contribution in [2.24, 2.45) is 0 Å². The summed E-state index contributed by atoms with van der Waals surface area (Å²) < 4.78 is 44.5. The Kier molecular flexibility index (Phi) is 5.89. The molecule has 0 spiro atoms. The summed E-state index contributed by atoms with van der Waals surface area (Å²) in [5.74, 6) is 0.270. The molecule has 146 valence electrons. The molecule has 2 heterocycles. The van der Waals surface area contributed by atoms with Crippen LogP contribution < -0.4 is 4.90 Å². The summed E-state index contributed by atoms with van der Waals surface area (Å²) in [6, 6.07) is 5.13. The molecule has 3 rings (SSSR count). The van der Waals surface area contributed by atoms with Crippen molar-refractivity contribution in [1.29, 1.82) is 0 Å². The molecule has 2 aromatic rings. The van der Waals surface area contributed by atoms with Crippen LogP contribution in [0.4, 0.5) is 4.39 Å². The minimum Gasteiger partial charge on any atom is -0.314 e. The van der Waals surface area contributed by atoms with E-state index in [0.717, 1.165) is 11.9 Å². The molecule has 1 aliphatic heterocycles. The third-order valence-electron chi connectivity index (χ3n) is 4.66. The van der Waals surface area contributed by atoms with E-state index in [1.807, 2.05) is 11.5 Å². The van der Waals surface area contributed by atoms with Crippen LogP contribution in [0.15, 0.2) is 41.8 Å². The Morgan fingerprint density at radius 1 is 1.37 bits per heavy atom. The molecule has 1 aliphatic rings. The third-order valence-corrected chi connectivity index (χ3v) is 6.98. The summed E-state index contributed by atoms with van der Waals surface area (Å²) in [5.41, 5.74) is 0. The van der Waals surface area contributed by atoms with E-state index >= 15 is 0 Å². The van der Waals surface area contributed by atoms with Crippen molar-refractivity contribution in [3.8, 4) is 0 Å². The van der Waals surface area contributed by atoms with Gasteiger partial charge in [-0.1, -0.05) is 12.1 Å². The lowest BCUT2D eigenvalue weighted by atomic mass is 10.4. The first-order valence-corrected chi connectivity index (χ1v) is 10.5. The Balaban J connectivity index is 1.67. The molecule has 0 aliphatic carbocycles. The van der Waals surface area contributed by atoms with E-state index in [2.05, 4.69) is 11.7 Å². The first kappa shape index (κ1) is 19.9. The van der Waals surface area contributed by atoms with Gasteiger partial charge >= 0.3 is 0 Å². The fraction of sp³-hybridized carbons (Fsp3) is 0.412. The monoisotopic (exact) mass is 412 g/mol. The molecule has 1 aromatic heterocycles. The summed E-state index contributed by atoms with van der Waals surface area (Å²) in [6.45, 7) is 8.81. The van der Waals surface area contributed by atoms with Gasteiger partial charge < -0.3 is 9.47 Å². The Morgan fingerprint density at radius 3 is 2.70 bits per heavy atom. The van der Waals surface area contributed by atoms with Crippen molar-refractivity contribution in [2.45, 2.75) is 25.0 Å². The number of aryl methyl sites for hydroxylation is 1. The van der Waals surface area contributed by atoms with Crippen LogP contribution in [0.3, 0.4) is 0 Å². The summed E-state index contributed by atoms with van der Waals surface area (Å²) in [6.07, 6.45) is 1.78. The van der Waals surface area contributed by atoms with Crippen molar-refractivity contribution >= 4 is 22.2 Å². The van der Waals surface area contributed by atoms with Gasteiger partial charge in [0.1, 0.15) is 11.6 Å². The van der Waals surface area contributed by atoms with E-state index in [9.17, 15) is 12.8 Å². The number of halogens is 1. The highest BCUT2D eigenvalue weighted by molar-refractivity contribution is 7.89. The van der Waals surface area contributed by atoms with Crippen molar-refractivity contribution in [2.75, 3.05) is 26.2 Å². The quantitative estimate of drug-likeness (QED) is 0.557. The second kappa shape index (κ2) is 8.01. The van der Waals surface area contributed by atoms with Crippen LogP contribution >= 0.6 is 12.2 Å². The number of benzene rings is 1. The summed E-state index contributed by atoms with van der Waals surface area (Å²) in [7, 11) is -3.68. The number of rotatable bonds is 6. The Morgan fingerprint density at radius 2 is 2.07 bits per heavy atom. The van der Waals surface area contributed by atoms with Gasteiger partial charge in [-0.3, -0.25) is 0 Å². The molecule has 0 amide bonds. The Labute approximate surface area is 163 Å². The zero-order chi connectivity index (χ0) is 19.6. The molecule has 1 N–H and O–H groups in total. The van der Waals surface area contributed by atoms with Gasteiger partial charge in [0.15, 0.2) is 6.67 Å². The molecule has 0 bridgehead atoms. The van der Waals surface area contributed by atoms with Gasteiger partial charge in [-0.25, -0.2) is 12.8 Å². The maximum absolute atomic E-state index is 13.4. The number of aromatic nitrogens is 3. The number of quaternary nitrogens is 1. The van der Waals surface area contributed by atoms with Gasteiger partial charge in [0.05, 0.1) is 31.1 Å². The van der Waals surface area contributed by atoms with Crippen LogP contribution in [-0.2, 0) is 23.2 Å². The predicted octanol–water partition coefficient (Wildman–Crippen LogP) is 0.595. The third kappa shape index (κ3) is 4.18. The topological polar surface area (TPSA) is 64.6 Å². The highest BCUT2D eigenvalue weighted by atomic mass is 32.2. The van der Waals surface area contributed by atoms with E-state index in [1.165, 1.54) is 27.4 Å². The van der Waals surface area contributed by atoms with Gasteiger partial charge in [-0.15, -0.1) is 6.58 Å². The molecule has 7 nitrogen and oxygen atoms in total. The zero-order valence-electron chi connectivity index (χ0n) is 15.1. The second-order valence-corrected chi connectivity index (χ2v) is 8.80. The molecule has 27 heavy (non-hydrogen) atoms. The molecular weight excluding hydrogens is 389 g/mol. The lowest BCUT2D eigenvalue weighted by Gasteiger charge is -2.31. The number of hydrogen-bond acceptors (Lipinski definition) is 4. The lowest BCUT2D eigenvalue weighted by Crippen LogP contribution is -3.14. The van der Waals surface area contributed by atoms with E-state index in [1.54, 1.807) is 10.8 Å². The van der Waals surface area contributed by atoms with Crippen LogP contribution in [0.1, 0.15) is 5.82 Å².